The van der Waals surface area contributed by atoms with Crippen LogP contribution < -0.4 is 10.2 Å². The summed E-state index contributed by atoms with van der Waals surface area (Å²) in [6, 6.07) is 20.2. The largest absolute Gasteiger partial charge is 0.483 e. The van der Waals surface area contributed by atoms with Crippen molar-refractivity contribution in [2.45, 2.75) is 20.8 Å². The van der Waals surface area contributed by atoms with Gasteiger partial charge in [-0.3, -0.25) is 4.79 Å². The Bertz CT molecular complexity index is 977. The first-order valence-electron chi connectivity index (χ1n) is 8.55. The first kappa shape index (κ1) is 17.7. The van der Waals surface area contributed by atoms with E-state index in [1.807, 2.05) is 57.2 Å². The molecule has 0 unspecified atom stereocenters. The molecule has 3 aromatic carbocycles. The molecule has 0 atom stereocenters. The number of nitrogens with zero attached hydrogens (tertiary/aromatic N) is 1. The number of hydrogen-bond donors (Lipinski definition) is 1. The summed E-state index contributed by atoms with van der Waals surface area (Å²) >= 11 is 0. The second-order valence-electron chi connectivity index (χ2n) is 6.35. The van der Waals surface area contributed by atoms with Gasteiger partial charge in [-0.15, -0.1) is 0 Å². The predicted molar refractivity (Wildman–Crippen MR) is 106 cm³/mol. The number of carbonyl (C=O) groups excluding carboxylic acids is 1. The highest BCUT2D eigenvalue weighted by Crippen LogP contribution is 2.19. The van der Waals surface area contributed by atoms with Gasteiger partial charge in [0.25, 0.3) is 5.91 Å². The lowest BCUT2D eigenvalue weighted by Crippen LogP contribution is -2.25. The number of amides is 1. The van der Waals surface area contributed by atoms with Crippen molar-refractivity contribution in [1.82, 2.24) is 5.43 Å². The Labute approximate surface area is 153 Å². The van der Waals surface area contributed by atoms with Crippen LogP contribution in [-0.4, -0.2) is 18.2 Å². The zero-order chi connectivity index (χ0) is 18.5. The van der Waals surface area contributed by atoms with Gasteiger partial charge < -0.3 is 4.74 Å². The van der Waals surface area contributed by atoms with E-state index in [0.717, 1.165) is 33.5 Å². The molecule has 0 aliphatic rings. The van der Waals surface area contributed by atoms with Crippen LogP contribution in [0, 0.1) is 13.8 Å². The lowest BCUT2D eigenvalue weighted by atomic mass is 10.0. The van der Waals surface area contributed by atoms with Crippen LogP contribution in [0.15, 0.2) is 65.8 Å². The monoisotopic (exact) mass is 346 g/mol. The average molecular weight is 346 g/mol. The van der Waals surface area contributed by atoms with Crippen molar-refractivity contribution < 1.29 is 9.53 Å². The van der Waals surface area contributed by atoms with E-state index in [9.17, 15) is 4.79 Å². The van der Waals surface area contributed by atoms with Crippen molar-refractivity contribution in [3.05, 3.63) is 77.4 Å². The first-order chi connectivity index (χ1) is 12.5. The number of fused-ring (bicyclic) bond motifs is 1. The number of carbonyl (C=O) groups is 1. The number of rotatable bonds is 5. The van der Waals surface area contributed by atoms with Crippen LogP contribution in [0.5, 0.6) is 5.75 Å². The third kappa shape index (κ3) is 4.28. The van der Waals surface area contributed by atoms with E-state index in [1.54, 1.807) is 0 Å². The van der Waals surface area contributed by atoms with Crippen molar-refractivity contribution in [1.29, 1.82) is 0 Å². The molecule has 3 rings (SSSR count). The summed E-state index contributed by atoms with van der Waals surface area (Å²) in [4.78, 5) is 12.0. The fraction of sp³-hybridized carbons (Fsp3) is 0.182. The molecule has 26 heavy (non-hydrogen) atoms. The summed E-state index contributed by atoms with van der Waals surface area (Å²) < 4.78 is 5.59. The fourth-order valence-electron chi connectivity index (χ4n) is 2.66. The summed E-state index contributed by atoms with van der Waals surface area (Å²) in [5.41, 5.74) is 6.37. The molecule has 0 aromatic heterocycles. The van der Waals surface area contributed by atoms with E-state index >= 15 is 0 Å². The second-order valence-corrected chi connectivity index (χ2v) is 6.35. The molecule has 0 aliphatic carbocycles. The van der Waals surface area contributed by atoms with Crippen molar-refractivity contribution in [3.63, 3.8) is 0 Å². The highest BCUT2D eigenvalue weighted by Gasteiger charge is 2.06. The Hall–Kier alpha value is -3.14. The van der Waals surface area contributed by atoms with Gasteiger partial charge in [0.05, 0.1) is 5.71 Å². The fourth-order valence-corrected chi connectivity index (χ4v) is 2.66. The Kier molecular flexibility index (Phi) is 5.32. The number of nitrogens with one attached hydrogen (secondary N) is 1. The molecular formula is C22H22N2O2. The minimum atomic E-state index is -0.286. The lowest BCUT2D eigenvalue weighted by molar-refractivity contribution is -0.123. The molecule has 0 bridgehead atoms. The van der Waals surface area contributed by atoms with Crippen LogP contribution >= 0.6 is 0 Å². The van der Waals surface area contributed by atoms with Gasteiger partial charge in [-0.25, -0.2) is 5.43 Å². The van der Waals surface area contributed by atoms with Crippen molar-refractivity contribution >= 4 is 22.4 Å². The van der Waals surface area contributed by atoms with Crippen LogP contribution in [-0.2, 0) is 4.79 Å². The molecule has 0 saturated carbocycles. The van der Waals surface area contributed by atoms with Gasteiger partial charge in [0.2, 0.25) is 0 Å². The molecule has 1 N–H and O–H groups in total. The number of benzene rings is 3. The highest BCUT2D eigenvalue weighted by molar-refractivity contribution is 6.02. The minimum Gasteiger partial charge on any atom is -0.483 e. The Morgan fingerprint density at radius 3 is 2.58 bits per heavy atom. The van der Waals surface area contributed by atoms with Crippen molar-refractivity contribution in [2.75, 3.05) is 6.61 Å². The van der Waals surface area contributed by atoms with E-state index in [2.05, 4.69) is 34.8 Å². The van der Waals surface area contributed by atoms with Crippen molar-refractivity contribution in [3.8, 4) is 5.75 Å². The summed E-state index contributed by atoms with van der Waals surface area (Å²) in [6.07, 6.45) is 0. The molecular weight excluding hydrogens is 324 g/mol. The highest BCUT2D eigenvalue weighted by atomic mass is 16.5. The third-order valence-corrected chi connectivity index (χ3v) is 4.22. The maximum atomic E-state index is 12.0. The molecule has 0 saturated heterocycles. The summed E-state index contributed by atoms with van der Waals surface area (Å²) in [5.74, 6) is 0.432. The Balaban J connectivity index is 1.62. The van der Waals surface area contributed by atoms with Crippen molar-refractivity contribution in [2.24, 2.45) is 5.10 Å². The molecule has 0 heterocycles. The van der Waals surface area contributed by atoms with Crippen LogP contribution in [0.2, 0.25) is 0 Å². The van der Waals surface area contributed by atoms with E-state index in [1.165, 1.54) is 5.39 Å². The summed E-state index contributed by atoms with van der Waals surface area (Å²) in [6.45, 7) is 5.74. The molecule has 0 spiro atoms. The third-order valence-electron chi connectivity index (χ3n) is 4.22. The van der Waals surface area contributed by atoms with E-state index < -0.39 is 0 Å². The zero-order valence-electron chi connectivity index (χ0n) is 15.2. The first-order valence-corrected chi connectivity index (χ1v) is 8.55. The number of ether oxygens (including phenoxy) is 1. The van der Waals surface area contributed by atoms with Gasteiger partial charge in [0.15, 0.2) is 6.61 Å². The molecule has 4 nitrogen and oxygen atoms in total. The molecule has 1 amide bonds. The number of hydrogen-bond acceptors (Lipinski definition) is 3. The van der Waals surface area contributed by atoms with E-state index in [4.69, 9.17) is 4.74 Å². The predicted octanol–water partition coefficient (Wildman–Crippen LogP) is 4.38. The van der Waals surface area contributed by atoms with E-state index in [-0.39, 0.29) is 12.5 Å². The molecule has 3 aromatic rings. The molecule has 4 heteroatoms. The Morgan fingerprint density at radius 1 is 1.00 bits per heavy atom. The maximum absolute atomic E-state index is 12.0. The molecule has 0 fully saturated rings. The van der Waals surface area contributed by atoms with Gasteiger partial charge in [0.1, 0.15) is 5.75 Å². The normalized spacial score (nSPS) is 11.4. The zero-order valence-corrected chi connectivity index (χ0v) is 15.2. The molecule has 132 valence electrons. The van der Waals surface area contributed by atoms with Gasteiger partial charge in [-0.1, -0.05) is 48.5 Å². The van der Waals surface area contributed by atoms with Crippen LogP contribution in [0.25, 0.3) is 10.8 Å². The number of aryl methyl sites for hydroxylation is 2. The molecule has 0 radical (unpaired) electrons. The quantitative estimate of drug-likeness (QED) is 0.551. The molecule has 0 aliphatic heterocycles. The van der Waals surface area contributed by atoms with Gasteiger partial charge in [-0.2, -0.15) is 5.10 Å². The summed E-state index contributed by atoms with van der Waals surface area (Å²) in [7, 11) is 0. The smallest absolute Gasteiger partial charge is 0.277 e. The van der Waals surface area contributed by atoms with Crippen LogP contribution in [0.1, 0.15) is 23.6 Å². The van der Waals surface area contributed by atoms with Gasteiger partial charge >= 0.3 is 0 Å². The van der Waals surface area contributed by atoms with Crippen LogP contribution in [0.4, 0.5) is 0 Å². The second kappa shape index (κ2) is 7.83. The Morgan fingerprint density at radius 2 is 1.77 bits per heavy atom. The topological polar surface area (TPSA) is 50.7 Å². The lowest BCUT2D eigenvalue weighted by Gasteiger charge is -2.09. The van der Waals surface area contributed by atoms with Gasteiger partial charge in [-0.05, 0) is 60.4 Å². The van der Waals surface area contributed by atoms with Crippen LogP contribution in [0.3, 0.4) is 0 Å². The van der Waals surface area contributed by atoms with Gasteiger partial charge in [0, 0.05) is 0 Å². The van der Waals surface area contributed by atoms with E-state index in [0.29, 0.717) is 0 Å². The minimum absolute atomic E-state index is 0.0706. The standard InChI is InChI=1S/C22H22N2O2/c1-15-8-9-16(2)21(12-15)26-14-22(25)24-23-17(3)19-11-10-18-6-4-5-7-20(18)13-19/h4-13H,14H2,1-3H3,(H,24,25). The number of hydrazone groups is 1. The SMILES string of the molecule is CC(=NNC(=O)COc1cc(C)ccc1C)c1ccc2ccccc2c1. The summed E-state index contributed by atoms with van der Waals surface area (Å²) in [5, 5.41) is 6.51. The average Bonchev–Trinajstić information content (AvgIpc) is 2.66. The maximum Gasteiger partial charge on any atom is 0.277 e.